The molecule has 0 atom stereocenters. The number of ether oxygens (including phenoxy) is 2. The molecule has 2 aromatic rings. The summed E-state index contributed by atoms with van der Waals surface area (Å²) in [6, 6.07) is 8.55. The van der Waals surface area contributed by atoms with Crippen molar-refractivity contribution < 1.29 is 19.1 Å². The van der Waals surface area contributed by atoms with Gasteiger partial charge < -0.3 is 25.0 Å². The van der Waals surface area contributed by atoms with Gasteiger partial charge in [-0.3, -0.25) is 4.79 Å². The SMILES string of the molecule is CCN(c1cccc2c1C/C=C\Cc1cc(C)nc(OC)c1CNC2=O)[C@H]1CC[C@H](NC(=O)OC(C)(C)C)CC1. The molecule has 1 aromatic carbocycles. The van der Waals surface area contributed by atoms with Gasteiger partial charge in [0.15, 0.2) is 0 Å². The van der Waals surface area contributed by atoms with Crippen molar-refractivity contribution in [2.24, 2.45) is 0 Å². The van der Waals surface area contributed by atoms with Crippen molar-refractivity contribution in [3.8, 4) is 5.88 Å². The van der Waals surface area contributed by atoms with Crippen LogP contribution in [0.1, 0.15) is 86.1 Å². The highest BCUT2D eigenvalue weighted by Gasteiger charge is 2.29. The van der Waals surface area contributed by atoms with E-state index in [0.29, 0.717) is 30.5 Å². The third-order valence-corrected chi connectivity index (χ3v) is 7.66. The fourth-order valence-corrected chi connectivity index (χ4v) is 5.85. The predicted molar refractivity (Wildman–Crippen MR) is 158 cm³/mol. The number of fused-ring (bicyclic) bond motifs is 2. The number of rotatable bonds is 5. The van der Waals surface area contributed by atoms with Crippen LogP contribution in [0, 0.1) is 6.92 Å². The van der Waals surface area contributed by atoms with E-state index in [2.05, 4.69) is 51.7 Å². The number of carbonyl (C=O) groups is 2. The van der Waals surface area contributed by atoms with Crippen molar-refractivity contribution >= 4 is 17.7 Å². The molecule has 4 rings (SSSR count). The van der Waals surface area contributed by atoms with Gasteiger partial charge in [0.05, 0.1) is 7.11 Å². The highest BCUT2D eigenvalue weighted by molar-refractivity contribution is 5.97. The first kappa shape index (κ1) is 29.4. The molecule has 0 bridgehead atoms. The Bertz CT molecular complexity index is 1240. The number of allylic oxidation sites excluding steroid dienone is 2. The zero-order valence-electron chi connectivity index (χ0n) is 24.8. The lowest BCUT2D eigenvalue weighted by Gasteiger charge is -2.39. The Balaban J connectivity index is 1.54. The summed E-state index contributed by atoms with van der Waals surface area (Å²) in [6.07, 6.45) is 9.12. The van der Waals surface area contributed by atoms with Crippen molar-refractivity contribution in [3.05, 3.63) is 64.4 Å². The van der Waals surface area contributed by atoms with Gasteiger partial charge in [-0.25, -0.2) is 9.78 Å². The van der Waals surface area contributed by atoms with E-state index in [1.807, 2.05) is 39.8 Å². The first-order valence-corrected chi connectivity index (χ1v) is 14.4. The fraction of sp³-hybridized carbons (Fsp3) is 0.531. The molecule has 0 spiro atoms. The molecule has 2 amide bonds. The molecule has 0 unspecified atom stereocenters. The van der Waals surface area contributed by atoms with Gasteiger partial charge in [0.1, 0.15) is 5.60 Å². The van der Waals surface area contributed by atoms with Crippen molar-refractivity contribution in [2.75, 3.05) is 18.6 Å². The molecule has 1 saturated carbocycles. The average molecular weight is 549 g/mol. The van der Waals surface area contributed by atoms with Crippen LogP contribution in [0.4, 0.5) is 10.5 Å². The van der Waals surface area contributed by atoms with Crippen molar-refractivity contribution in [2.45, 2.75) is 97.4 Å². The highest BCUT2D eigenvalue weighted by Crippen LogP contribution is 2.33. The summed E-state index contributed by atoms with van der Waals surface area (Å²) < 4.78 is 11.0. The first-order valence-electron chi connectivity index (χ1n) is 14.4. The lowest BCUT2D eigenvalue weighted by Crippen LogP contribution is -2.45. The largest absolute Gasteiger partial charge is 0.481 e. The summed E-state index contributed by atoms with van der Waals surface area (Å²) in [7, 11) is 1.62. The maximum atomic E-state index is 13.5. The van der Waals surface area contributed by atoms with E-state index in [4.69, 9.17) is 9.47 Å². The molecule has 2 aliphatic rings. The first-order chi connectivity index (χ1) is 19.1. The van der Waals surface area contributed by atoms with Crippen LogP contribution < -0.4 is 20.3 Å². The number of nitrogens with one attached hydrogen (secondary N) is 2. The molecule has 2 N–H and O–H groups in total. The lowest BCUT2D eigenvalue weighted by atomic mass is 9.89. The second-order valence-corrected chi connectivity index (χ2v) is 11.7. The van der Waals surface area contributed by atoms with Crippen LogP contribution in [0.15, 0.2) is 36.4 Å². The number of carbonyl (C=O) groups excluding carboxylic acids is 2. The highest BCUT2D eigenvalue weighted by atomic mass is 16.6. The van der Waals surface area contributed by atoms with Gasteiger partial charge in [-0.1, -0.05) is 18.2 Å². The van der Waals surface area contributed by atoms with Gasteiger partial charge in [0.25, 0.3) is 5.91 Å². The third kappa shape index (κ3) is 7.14. The minimum atomic E-state index is -0.507. The molecule has 0 saturated heterocycles. The Hall–Kier alpha value is -3.55. The van der Waals surface area contributed by atoms with Gasteiger partial charge in [0.2, 0.25) is 5.88 Å². The lowest BCUT2D eigenvalue weighted by molar-refractivity contribution is 0.0491. The smallest absolute Gasteiger partial charge is 0.407 e. The topological polar surface area (TPSA) is 92.8 Å². The Kier molecular flexibility index (Phi) is 9.38. The quantitative estimate of drug-likeness (QED) is 0.470. The van der Waals surface area contributed by atoms with Gasteiger partial charge in [-0.15, -0.1) is 0 Å². The molecular weight excluding hydrogens is 504 g/mol. The average Bonchev–Trinajstić information content (AvgIpc) is 2.93. The summed E-state index contributed by atoms with van der Waals surface area (Å²) in [4.78, 5) is 32.8. The Labute approximate surface area is 238 Å². The molecule has 8 heteroatoms. The maximum Gasteiger partial charge on any atom is 0.407 e. The monoisotopic (exact) mass is 548 g/mol. The fourth-order valence-electron chi connectivity index (χ4n) is 5.85. The second-order valence-electron chi connectivity index (χ2n) is 11.7. The van der Waals surface area contributed by atoms with Crippen LogP contribution >= 0.6 is 0 Å². The van der Waals surface area contributed by atoms with E-state index in [-0.39, 0.29) is 18.0 Å². The van der Waals surface area contributed by atoms with Crippen LogP contribution in [0.25, 0.3) is 0 Å². The third-order valence-electron chi connectivity index (χ3n) is 7.66. The predicted octanol–water partition coefficient (Wildman–Crippen LogP) is 5.65. The van der Waals surface area contributed by atoms with Crippen molar-refractivity contribution in [1.82, 2.24) is 15.6 Å². The van der Waals surface area contributed by atoms with E-state index in [9.17, 15) is 9.59 Å². The number of hydrogen-bond acceptors (Lipinski definition) is 6. The molecule has 1 aliphatic heterocycles. The summed E-state index contributed by atoms with van der Waals surface area (Å²) >= 11 is 0. The molecule has 216 valence electrons. The number of hydrogen-bond donors (Lipinski definition) is 2. The number of anilines is 1. The summed E-state index contributed by atoms with van der Waals surface area (Å²) in [5.74, 6) is 0.466. The van der Waals surface area contributed by atoms with Crippen LogP contribution in [0.2, 0.25) is 0 Å². The number of pyridine rings is 1. The Morgan fingerprint density at radius 3 is 2.52 bits per heavy atom. The number of alkyl carbamates (subject to hydrolysis) is 1. The van der Waals surface area contributed by atoms with Crippen LogP contribution in [-0.2, 0) is 24.1 Å². The molecule has 8 nitrogen and oxygen atoms in total. The van der Waals surface area contributed by atoms with Gasteiger partial charge in [-0.05, 0) is 102 Å². The van der Waals surface area contributed by atoms with Gasteiger partial charge in [-0.2, -0.15) is 0 Å². The summed E-state index contributed by atoms with van der Waals surface area (Å²) in [6.45, 7) is 11.0. The molecular formula is C32H44N4O4. The van der Waals surface area contributed by atoms with E-state index in [0.717, 1.165) is 66.7 Å². The Morgan fingerprint density at radius 2 is 1.85 bits per heavy atom. The standard InChI is InChI=1S/C32H44N4O4/c1-7-36(24-17-15-23(16-18-24)35-31(38)40-32(3,4)5)28-14-10-13-26-25(28)12-9-8-11-22-19-21(2)34-30(39-6)27(22)20-33-29(26)37/h8-10,13-14,19,23-24H,7,11-12,15-18,20H2,1-6H3,(H,33,37)(H,35,38)/b9-8-/t23-,24-. The molecule has 2 heterocycles. The van der Waals surface area contributed by atoms with E-state index in [1.54, 1.807) is 7.11 Å². The zero-order valence-corrected chi connectivity index (χ0v) is 24.8. The van der Waals surface area contributed by atoms with Crippen molar-refractivity contribution in [3.63, 3.8) is 0 Å². The molecule has 1 fully saturated rings. The molecule has 1 aliphatic carbocycles. The minimum absolute atomic E-state index is 0.0953. The number of aryl methyl sites for hydroxylation is 1. The molecule has 40 heavy (non-hydrogen) atoms. The molecule has 1 aromatic heterocycles. The van der Waals surface area contributed by atoms with Crippen LogP contribution in [0.5, 0.6) is 5.88 Å². The Morgan fingerprint density at radius 1 is 1.12 bits per heavy atom. The minimum Gasteiger partial charge on any atom is -0.481 e. The number of nitrogens with zero attached hydrogens (tertiary/aromatic N) is 2. The molecule has 0 radical (unpaired) electrons. The summed E-state index contributed by atoms with van der Waals surface area (Å²) in [5.41, 5.74) is 5.26. The van der Waals surface area contributed by atoms with Crippen LogP contribution in [0.3, 0.4) is 0 Å². The second kappa shape index (κ2) is 12.7. The number of amides is 2. The van der Waals surface area contributed by atoms with E-state index >= 15 is 0 Å². The van der Waals surface area contributed by atoms with E-state index in [1.165, 1.54) is 0 Å². The zero-order chi connectivity index (χ0) is 28.9. The van der Waals surface area contributed by atoms with Gasteiger partial charge in [0, 0.05) is 47.7 Å². The normalized spacial score (nSPS) is 20.2. The van der Waals surface area contributed by atoms with E-state index < -0.39 is 5.60 Å². The summed E-state index contributed by atoms with van der Waals surface area (Å²) in [5, 5.41) is 6.18. The maximum absolute atomic E-state index is 13.5. The van der Waals surface area contributed by atoms with Gasteiger partial charge >= 0.3 is 6.09 Å². The number of aromatic nitrogens is 1. The van der Waals surface area contributed by atoms with Crippen LogP contribution in [-0.4, -0.2) is 48.3 Å². The number of benzene rings is 1. The number of methoxy groups -OCH3 is 1. The van der Waals surface area contributed by atoms with Crippen molar-refractivity contribution in [1.29, 1.82) is 0 Å².